The number of amides is 1. The third kappa shape index (κ3) is 5.27. The first kappa shape index (κ1) is 21.3. The summed E-state index contributed by atoms with van der Waals surface area (Å²) < 4.78 is 32.0. The van der Waals surface area contributed by atoms with E-state index in [2.05, 4.69) is 5.32 Å². The number of hydrogen-bond acceptors (Lipinski definition) is 6. The number of rotatable bonds is 9. The zero-order chi connectivity index (χ0) is 20.7. The fraction of sp³-hybridized carbons (Fsp3) is 0.278. The minimum atomic E-state index is -4.06. The number of nitrogens with zero attached hydrogens (tertiary/aromatic N) is 2. The predicted octanol–water partition coefficient (Wildman–Crippen LogP) is 1.94. The van der Waals surface area contributed by atoms with Crippen LogP contribution in [0.1, 0.15) is 6.92 Å². The first-order valence-electron chi connectivity index (χ1n) is 8.36. The molecule has 0 aliphatic heterocycles. The zero-order valence-electron chi connectivity index (χ0n) is 15.4. The highest BCUT2D eigenvalue weighted by atomic mass is 32.2. The van der Waals surface area contributed by atoms with Crippen molar-refractivity contribution in [1.82, 2.24) is 5.32 Å². The first-order chi connectivity index (χ1) is 13.3. The molecule has 1 atom stereocenters. The number of carbonyl (C=O) groups excluding carboxylic acids is 1. The number of anilines is 1. The second kappa shape index (κ2) is 9.29. The summed E-state index contributed by atoms with van der Waals surface area (Å²) in [4.78, 5) is 22.7. The van der Waals surface area contributed by atoms with Crippen molar-refractivity contribution in [3.05, 3.63) is 64.7 Å². The molecule has 0 unspecified atom stereocenters. The summed E-state index contributed by atoms with van der Waals surface area (Å²) in [6.07, 6.45) is 0. The number of benzene rings is 2. The van der Waals surface area contributed by atoms with E-state index in [1.807, 2.05) is 0 Å². The number of methoxy groups -OCH3 is 1. The molecule has 0 aliphatic carbocycles. The number of hydrogen-bond donors (Lipinski definition) is 1. The molecule has 1 N–H and O–H groups in total. The Morgan fingerprint density at radius 2 is 1.79 bits per heavy atom. The van der Waals surface area contributed by atoms with Crippen LogP contribution in [0.4, 0.5) is 11.4 Å². The van der Waals surface area contributed by atoms with E-state index in [4.69, 9.17) is 4.74 Å². The molecule has 1 amide bonds. The highest BCUT2D eigenvalue weighted by molar-refractivity contribution is 7.92. The summed E-state index contributed by atoms with van der Waals surface area (Å²) in [7, 11) is -2.57. The van der Waals surface area contributed by atoms with Gasteiger partial charge in [-0.1, -0.05) is 18.2 Å². The lowest BCUT2D eigenvalue weighted by molar-refractivity contribution is -0.384. The van der Waals surface area contributed by atoms with Gasteiger partial charge >= 0.3 is 0 Å². The second-order valence-corrected chi connectivity index (χ2v) is 7.88. The molecular weight excluding hydrogens is 386 g/mol. The summed E-state index contributed by atoms with van der Waals surface area (Å²) in [6.45, 7) is 1.51. The van der Waals surface area contributed by atoms with Crippen molar-refractivity contribution in [3.8, 4) is 0 Å². The van der Waals surface area contributed by atoms with Gasteiger partial charge in [-0.15, -0.1) is 0 Å². The quantitative estimate of drug-likeness (QED) is 0.501. The Kier molecular flexibility index (Phi) is 7.07. The summed E-state index contributed by atoms with van der Waals surface area (Å²) in [5, 5.41) is 13.5. The second-order valence-electron chi connectivity index (χ2n) is 6.02. The van der Waals surface area contributed by atoms with Crippen LogP contribution < -0.4 is 9.62 Å². The predicted molar refractivity (Wildman–Crippen MR) is 104 cm³/mol. The number of non-ortho nitro benzene ring substituents is 1. The third-order valence-electron chi connectivity index (χ3n) is 3.79. The molecule has 0 spiro atoms. The summed E-state index contributed by atoms with van der Waals surface area (Å²) in [5.74, 6) is -0.526. The van der Waals surface area contributed by atoms with Gasteiger partial charge in [-0.25, -0.2) is 8.42 Å². The fourth-order valence-corrected chi connectivity index (χ4v) is 3.96. The normalized spacial score (nSPS) is 12.2. The highest BCUT2D eigenvalue weighted by Crippen LogP contribution is 2.25. The molecule has 9 nitrogen and oxygen atoms in total. The van der Waals surface area contributed by atoms with Crippen LogP contribution in [0.3, 0.4) is 0 Å². The molecule has 0 heterocycles. The molecule has 2 rings (SSSR count). The number of nitro groups is 1. The Morgan fingerprint density at radius 1 is 1.18 bits per heavy atom. The monoisotopic (exact) mass is 407 g/mol. The van der Waals surface area contributed by atoms with Crippen molar-refractivity contribution in [3.63, 3.8) is 0 Å². The highest BCUT2D eigenvalue weighted by Gasteiger charge is 2.27. The van der Waals surface area contributed by atoms with Gasteiger partial charge in [-0.05, 0) is 31.2 Å². The van der Waals surface area contributed by atoms with Gasteiger partial charge in [0.25, 0.3) is 15.7 Å². The number of nitrogens with one attached hydrogen (secondary N) is 1. The van der Waals surface area contributed by atoms with Gasteiger partial charge in [0.05, 0.1) is 22.1 Å². The van der Waals surface area contributed by atoms with Gasteiger partial charge in [0.15, 0.2) is 0 Å². The van der Waals surface area contributed by atoms with Crippen molar-refractivity contribution in [2.45, 2.75) is 17.9 Å². The van der Waals surface area contributed by atoms with Crippen molar-refractivity contribution in [1.29, 1.82) is 0 Å². The molecule has 10 heteroatoms. The molecule has 2 aromatic rings. The van der Waals surface area contributed by atoms with Crippen LogP contribution in [0.15, 0.2) is 59.5 Å². The molecule has 150 valence electrons. The van der Waals surface area contributed by atoms with Crippen molar-refractivity contribution < 1.29 is 22.9 Å². The van der Waals surface area contributed by atoms with Gasteiger partial charge in [-0.3, -0.25) is 19.2 Å². The standard InChI is InChI=1S/C18H21N3O6S/c1-14(13-27-2)19-18(22)12-20(15-8-10-16(11-9-15)21(23)24)28(25,26)17-6-4-3-5-7-17/h3-11,14H,12-13H2,1-2H3,(H,19,22)/t14-/m0/s1. The Morgan fingerprint density at radius 3 is 2.32 bits per heavy atom. The lowest BCUT2D eigenvalue weighted by atomic mass is 10.3. The molecule has 28 heavy (non-hydrogen) atoms. The van der Waals surface area contributed by atoms with E-state index in [9.17, 15) is 23.3 Å². The van der Waals surface area contributed by atoms with E-state index in [-0.39, 0.29) is 28.9 Å². The maximum Gasteiger partial charge on any atom is 0.269 e. The van der Waals surface area contributed by atoms with Gasteiger partial charge < -0.3 is 10.1 Å². The van der Waals surface area contributed by atoms with E-state index in [1.54, 1.807) is 25.1 Å². The van der Waals surface area contributed by atoms with Crippen LogP contribution in [0.25, 0.3) is 0 Å². The van der Waals surface area contributed by atoms with Crippen molar-refractivity contribution >= 4 is 27.3 Å². The van der Waals surface area contributed by atoms with E-state index in [0.29, 0.717) is 0 Å². The minimum absolute atomic E-state index is 0.00564. The number of sulfonamides is 1. The van der Waals surface area contributed by atoms with Gasteiger partial charge in [0.1, 0.15) is 6.54 Å². The molecule has 0 saturated carbocycles. The molecule has 0 bridgehead atoms. The number of ether oxygens (including phenoxy) is 1. The van der Waals surface area contributed by atoms with Crippen molar-refractivity contribution in [2.75, 3.05) is 24.6 Å². The Bertz CT molecular complexity index is 916. The molecule has 0 fully saturated rings. The first-order valence-corrected chi connectivity index (χ1v) is 9.80. The number of nitro benzene ring substituents is 1. The molecular formula is C18H21N3O6S. The zero-order valence-corrected chi connectivity index (χ0v) is 16.3. The lowest BCUT2D eigenvalue weighted by Gasteiger charge is -2.25. The summed E-state index contributed by atoms with van der Waals surface area (Å²) >= 11 is 0. The summed E-state index contributed by atoms with van der Waals surface area (Å²) in [5.41, 5.74) is -0.0389. The molecule has 0 saturated heterocycles. The lowest BCUT2D eigenvalue weighted by Crippen LogP contribution is -2.44. The van der Waals surface area contributed by atoms with Gasteiger partial charge in [-0.2, -0.15) is 0 Å². The smallest absolute Gasteiger partial charge is 0.269 e. The largest absolute Gasteiger partial charge is 0.383 e. The van der Waals surface area contributed by atoms with E-state index >= 15 is 0 Å². The average Bonchev–Trinajstić information content (AvgIpc) is 2.67. The molecule has 0 aliphatic rings. The maximum atomic E-state index is 13.1. The van der Waals surface area contributed by atoms with Gasteiger partial charge in [0, 0.05) is 25.3 Å². The van der Waals surface area contributed by atoms with Crippen LogP contribution in [-0.2, 0) is 19.6 Å². The minimum Gasteiger partial charge on any atom is -0.383 e. The third-order valence-corrected chi connectivity index (χ3v) is 5.58. The molecule has 2 aromatic carbocycles. The topological polar surface area (TPSA) is 119 Å². The maximum absolute atomic E-state index is 13.1. The van der Waals surface area contributed by atoms with Crippen LogP contribution in [0, 0.1) is 10.1 Å². The van der Waals surface area contributed by atoms with Crippen molar-refractivity contribution in [2.24, 2.45) is 0 Å². The Balaban J connectivity index is 2.38. The Labute approximate surface area is 163 Å². The van der Waals surface area contributed by atoms with E-state index in [0.717, 1.165) is 4.31 Å². The van der Waals surface area contributed by atoms with Crippen LogP contribution in [-0.4, -0.2) is 45.6 Å². The van der Waals surface area contributed by atoms with E-state index < -0.39 is 27.4 Å². The summed E-state index contributed by atoms with van der Waals surface area (Å²) in [6, 6.07) is 12.3. The number of carbonyl (C=O) groups is 1. The van der Waals surface area contributed by atoms with Gasteiger partial charge in [0.2, 0.25) is 5.91 Å². The van der Waals surface area contributed by atoms with Crippen LogP contribution in [0.2, 0.25) is 0 Å². The molecule has 0 radical (unpaired) electrons. The SMILES string of the molecule is COC[C@H](C)NC(=O)CN(c1ccc([N+](=O)[O-])cc1)S(=O)(=O)c1ccccc1. The van der Waals surface area contributed by atoms with Crippen LogP contribution >= 0.6 is 0 Å². The Hall–Kier alpha value is -2.98. The average molecular weight is 407 g/mol. The van der Waals surface area contributed by atoms with E-state index in [1.165, 1.54) is 43.5 Å². The fourth-order valence-electron chi connectivity index (χ4n) is 2.52. The van der Waals surface area contributed by atoms with Crippen LogP contribution in [0.5, 0.6) is 0 Å². The molecule has 0 aromatic heterocycles.